The van der Waals surface area contributed by atoms with Crippen LogP contribution in [0.2, 0.25) is 0 Å². The monoisotopic (exact) mass is 323 g/mol. The molecule has 24 heavy (non-hydrogen) atoms. The lowest BCUT2D eigenvalue weighted by atomic mass is 10.2. The van der Waals surface area contributed by atoms with Crippen LogP contribution >= 0.6 is 0 Å². The topological polar surface area (TPSA) is 85.9 Å². The molecule has 122 valence electrons. The van der Waals surface area contributed by atoms with Crippen LogP contribution in [-0.2, 0) is 7.05 Å². The van der Waals surface area contributed by atoms with Crippen LogP contribution in [0.15, 0.2) is 30.3 Å². The van der Waals surface area contributed by atoms with Crippen molar-refractivity contribution < 1.29 is 4.92 Å². The molecule has 0 amide bonds. The van der Waals surface area contributed by atoms with Gasteiger partial charge < -0.3 is 9.88 Å². The van der Waals surface area contributed by atoms with Gasteiger partial charge in [-0.2, -0.15) is 0 Å². The van der Waals surface area contributed by atoms with Crippen LogP contribution in [0, 0.1) is 17.0 Å². The normalized spacial score (nSPS) is 14.1. The zero-order valence-electron chi connectivity index (χ0n) is 13.5. The molecule has 2 heterocycles. The van der Waals surface area contributed by atoms with Gasteiger partial charge in [-0.25, -0.2) is 9.97 Å². The molecular weight excluding hydrogens is 306 g/mol. The minimum atomic E-state index is -0.425. The fourth-order valence-corrected chi connectivity index (χ4v) is 2.97. The molecule has 4 rings (SSSR count). The number of hydrogen-bond donors (Lipinski definition) is 1. The first-order valence-corrected chi connectivity index (χ1v) is 7.88. The predicted octanol–water partition coefficient (Wildman–Crippen LogP) is 3.81. The first kappa shape index (κ1) is 14.6. The first-order valence-electron chi connectivity index (χ1n) is 7.88. The molecule has 1 aliphatic carbocycles. The van der Waals surface area contributed by atoms with E-state index in [4.69, 9.17) is 4.98 Å². The highest BCUT2D eigenvalue weighted by molar-refractivity contribution is 5.81. The van der Waals surface area contributed by atoms with E-state index in [2.05, 4.69) is 21.9 Å². The Morgan fingerprint density at radius 2 is 2.04 bits per heavy atom. The van der Waals surface area contributed by atoms with Gasteiger partial charge in [-0.15, -0.1) is 0 Å². The molecule has 2 aromatic heterocycles. The molecular formula is C17H17N5O2. The molecule has 0 aliphatic heterocycles. The van der Waals surface area contributed by atoms with Crippen molar-refractivity contribution in [3.05, 3.63) is 52.0 Å². The molecule has 7 nitrogen and oxygen atoms in total. The largest absolute Gasteiger partial charge is 0.340 e. The lowest BCUT2D eigenvalue weighted by Crippen LogP contribution is -1.99. The molecule has 0 atom stereocenters. The van der Waals surface area contributed by atoms with Gasteiger partial charge in [0.25, 0.3) is 5.69 Å². The highest BCUT2D eigenvalue weighted by Crippen LogP contribution is 2.40. The summed E-state index contributed by atoms with van der Waals surface area (Å²) in [5, 5.41) is 14.1. The summed E-state index contributed by atoms with van der Waals surface area (Å²) in [5.74, 6) is 2.32. The second-order valence-corrected chi connectivity index (χ2v) is 6.19. The Hall–Kier alpha value is -2.96. The number of nitrogens with zero attached hydrogens (tertiary/aromatic N) is 4. The van der Waals surface area contributed by atoms with E-state index >= 15 is 0 Å². The number of hydrogen-bond acceptors (Lipinski definition) is 5. The Bertz CT molecular complexity index is 959. The second-order valence-electron chi connectivity index (χ2n) is 6.19. The van der Waals surface area contributed by atoms with Crippen molar-refractivity contribution in [1.82, 2.24) is 14.5 Å². The van der Waals surface area contributed by atoms with Gasteiger partial charge in [-0.1, -0.05) is 0 Å². The van der Waals surface area contributed by atoms with E-state index in [1.54, 1.807) is 13.0 Å². The van der Waals surface area contributed by atoms with Crippen LogP contribution in [0.5, 0.6) is 0 Å². The summed E-state index contributed by atoms with van der Waals surface area (Å²) in [4.78, 5) is 19.4. The number of rotatable bonds is 4. The van der Waals surface area contributed by atoms with E-state index in [0.717, 1.165) is 22.5 Å². The molecule has 1 saturated carbocycles. The third-order valence-corrected chi connectivity index (χ3v) is 4.38. The molecule has 3 aromatic rings. The number of aromatic nitrogens is 3. The first-order chi connectivity index (χ1) is 11.5. The number of imidazole rings is 1. The maximum absolute atomic E-state index is 10.9. The number of nitrogens with one attached hydrogen (secondary N) is 1. The van der Waals surface area contributed by atoms with Crippen LogP contribution in [0.3, 0.4) is 0 Å². The molecule has 1 aliphatic rings. The third-order valence-electron chi connectivity index (χ3n) is 4.38. The molecule has 0 saturated heterocycles. The van der Waals surface area contributed by atoms with Gasteiger partial charge in [0.05, 0.1) is 16.0 Å². The maximum atomic E-state index is 10.9. The van der Waals surface area contributed by atoms with Crippen molar-refractivity contribution in [2.45, 2.75) is 25.7 Å². The lowest BCUT2D eigenvalue weighted by Gasteiger charge is -2.07. The Morgan fingerprint density at radius 3 is 2.71 bits per heavy atom. The quantitative estimate of drug-likeness (QED) is 0.583. The summed E-state index contributed by atoms with van der Waals surface area (Å²) in [6.45, 7) is 1.63. The van der Waals surface area contributed by atoms with E-state index in [1.165, 1.54) is 18.9 Å². The Morgan fingerprint density at radius 1 is 1.25 bits per heavy atom. The molecule has 0 spiro atoms. The van der Waals surface area contributed by atoms with Gasteiger partial charge in [0, 0.05) is 24.7 Å². The van der Waals surface area contributed by atoms with E-state index in [0.29, 0.717) is 17.4 Å². The minimum absolute atomic E-state index is 0.0230. The maximum Gasteiger partial charge on any atom is 0.290 e. The summed E-state index contributed by atoms with van der Waals surface area (Å²) in [7, 11) is 2.05. The fraction of sp³-hybridized carbons (Fsp3) is 0.294. The van der Waals surface area contributed by atoms with Gasteiger partial charge in [0.2, 0.25) is 0 Å². The van der Waals surface area contributed by atoms with Gasteiger partial charge in [-0.05, 0) is 44.0 Å². The Kier molecular flexibility index (Phi) is 3.23. The van der Waals surface area contributed by atoms with Gasteiger partial charge in [0.15, 0.2) is 0 Å². The summed E-state index contributed by atoms with van der Waals surface area (Å²) in [6, 6.07) is 9.08. The molecule has 1 N–H and O–H groups in total. The van der Waals surface area contributed by atoms with E-state index in [9.17, 15) is 10.1 Å². The van der Waals surface area contributed by atoms with Gasteiger partial charge >= 0.3 is 0 Å². The number of benzene rings is 1. The smallest absolute Gasteiger partial charge is 0.290 e. The van der Waals surface area contributed by atoms with E-state index in [1.807, 2.05) is 18.2 Å². The van der Waals surface area contributed by atoms with Crippen molar-refractivity contribution >= 4 is 28.2 Å². The van der Waals surface area contributed by atoms with Crippen molar-refractivity contribution in [2.75, 3.05) is 5.32 Å². The fourth-order valence-electron chi connectivity index (χ4n) is 2.97. The van der Waals surface area contributed by atoms with Crippen LogP contribution in [0.1, 0.15) is 30.3 Å². The standard InChI is InChI=1S/C17H17N5O2/c1-10-14(22(23)24)7-8-16(18-10)19-12-5-6-15-13(9-12)20-17(21(15)2)11-3-4-11/h5-9,11H,3-4H2,1-2H3,(H,18,19). The van der Waals surface area contributed by atoms with Crippen LogP contribution in [0.4, 0.5) is 17.2 Å². The minimum Gasteiger partial charge on any atom is -0.340 e. The number of nitro groups is 1. The van der Waals surface area contributed by atoms with Crippen molar-refractivity contribution in [3.8, 4) is 0 Å². The molecule has 1 aromatic carbocycles. The number of aryl methyl sites for hydroxylation is 2. The lowest BCUT2D eigenvalue weighted by molar-refractivity contribution is -0.385. The summed E-state index contributed by atoms with van der Waals surface area (Å²) in [6.07, 6.45) is 2.43. The average Bonchev–Trinajstić information content (AvgIpc) is 3.32. The zero-order valence-corrected chi connectivity index (χ0v) is 13.5. The Balaban J connectivity index is 1.65. The zero-order chi connectivity index (χ0) is 16.8. The number of pyridine rings is 1. The summed E-state index contributed by atoms with van der Waals surface area (Å²) < 4.78 is 2.16. The van der Waals surface area contributed by atoms with Gasteiger partial charge in [0.1, 0.15) is 17.3 Å². The number of anilines is 2. The second kappa shape index (κ2) is 5.30. The number of fused-ring (bicyclic) bond motifs is 1. The van der Waals surface area contributed by atoms with Crippen molar-refractivity contribution in [2.24, 2.45) is 7.05 Å². The molecule has 0 bridgehead atoms. The Labute approximate surface area is 138 Å². The average molecular weight is 323 g/mol. The van der Waals surface area contributed by atoms with Crippen LogP contribution in [0.25, 0.3) is 11.0 Å². The van der Waals surface area contributed by atoms with E-state index < -0.39 is 4.92 Å². The predicted molar refractivity (Wildman–Crippen MR) is 91.6 cm³/mol. The summed E-state index contributed by atoms with van der Waals surface area (Å²) in [5.41, 5.74) is 3.33. The molecule has 0 unspecified atom stereocenters. The molecule has 1 fully saturated rings. The third kappa shape index (κ3) is 2.47. The molecule has 0 radical (unpaired) electrons. The van der Waals surface area contributed by atoms with E-state index in [-0.39, 0.29) is 5.69 Å². The molecule has 7 heteroatoms. The van der Waals surface area contributed by atoms with Gasteiger partial charge in [-0.3, -0.25) is 10.1 Å². The van der Waals surface area contributed by atoms with Crippen LogP contribution < -0.4 is 5.32 Å². The summed E-state index contributed by atoms with van der Waals surface area (Å²) >= 11 is 0. The highest BCUT2D eigenvalue weighted by Gasteiger charge is 2.28. The SMILES string of the molecule is Cc1nc(Nc2ccc3c(c2)nc(C2CC2)n3C)ccc1[N+](=O)[O-]. The van der Waals surface area contributed by atoms with Crippen molar-refractivity contribution in [3.63, 3.8) is 0 Å². The van der Waals surface area contributed by atoms with Crippen molar-refractivity contribution in [1.29, 1.82) is 0 Å². The highest BCUT2D eigenvalue weighted by atomic mass is 16.6. The van der Waals surface area contributed by atoms with Crippen LogP contribution in [-0.4, -0.2) is 19.5 Å².